The smallest absolute Gasteiger partial charge is 0.118 e. The van der Waals surface area contributed by atoms with Crippen molar-refractivity contribution >= 4 is 5.69 Å². The maximum Gasteiger partial charge on any atom is 0.118 e. The number of phenolic OH excluding ortho intramolecular Hbond substituents is 1. The van der Waals surface area contributed by atoms with Crippen molar-refractivity contribution in [3.63, 3.8) is 0 Å². The van der Waals surface area contributed by atoms with Crippen molar-refractivity contribution in [1.82, 2.24) is 0 Å². The lowest BCUT2D eigenvalue weighted by molar-refractivity contribution is 0.412. The van der Waals surface area contributed by atoms with E-state index in [0.29, 0.717) is 17.7 Å². The van der Waals surface area contributed by atoms with Gasteiger partial charge in [-0.25, -0.2) is 0 Å². The summed E-state index contributed by atoms with van der Waals surface area (Å²) < 4.78 is 0. The standard InChI is InChI=1S/C19H23NO/c1-14-13-18(11-12-19(14)21)20-17-9-7-16(8-10-17)15-5-3-2-4-6-15/h2-6,11-13,16-17,20-21H,7-10H2,1H3. The molecule has 0 amide bonds. The Morgan fingerprint density at radius 3 is 2.33 bits per heavy atom. The van der Waals surface area contributed by atoms with Gasteiger partial charge < -0.3 is 10.4 Å². The first-order valence-corrected chi connectivity index (χ1v) is 7.83. The topological polar surface area (TPSA) is 32.3 Å². The largest absolute Gasteiger partial charge is 0.508 e. The quantitative estimate of drug-likeness (QED) is 0.789. The van der Waals surface area contributed by atoms with E-state index in [0.717, 1.165) is 11.3 Å². The van der Waals surface area contributed by atoms with Crippen molar-refractivity contribution in [3.8, 4) is 5.75 Å². The van der Waals surface area contributed by atoms with E-state index in [-0.39, 0.29) is 0 Å². The van der Waals surface area contributed by atoms with Crippen LogP contribution in [0.2, 0.25) is 0 Å². The fourth-order valence-electron chi connectivity index (χ4n) is 3.28. The monoisotopic (exact) mass is 281 g/mol. The minimum atomic E-state index is 0.369. The predicted molar refractivity (Wildman–Crippen MR) is 87.9 cm³/mol. The molecule has 2 aromatic rings. The molecule has 0 bridgehead atoms. The summed E-state index contributed by atoms with van der Waals surface area (Å²) in [5.74, 6) is 1.08. The Balaban J connectivity index is 1.57. The third kappa shape index (κ3) is 3.38. The summed E-state index contributed by atoms with van der Waals surface area (Å²) in [5, 5.41) is 13.2. The number of anilines is 1. The molecule has 0 unspecified atom stereocenters. The summed E-state index contributed by atoms with van der Waals surface area (Å²) in [7, 11) is 0. The lowest BCUT2D eigenvalue weighted by Crippen LogP contribution is -2.25. The molecule has 0 saturated heterocycles. The highest BCUT2D eigenvalue weighted by Crippen LogP contribution is 2.34. The van der Waals surface area contributed by atoms with Crippen LogP contribution < -0.4 is 5.32 Å². The summed E-state index contributed by atoms with van der Waals surface area (Å²) in [5.41, 5.74) is 3.53. The average molecular weight is 281 g/mol. The van der Waals surface area contributed by atoms with Gasteiger partial charge in [-0.2, -0.15) is 0 Å². The molecule has 0 heterocycles. The molecule has 0 spiro atoms. The van der Waals surface area contributed by atoms with Crippen LogP contribution in [0, 0.1) is 6.92 Å². The molecule has 2 heteroatoms. The molecule has 0 radical (unpaired) electrons. The second kappa shape index (κ2) is 6.21. The Morgan fingerprint density at radius 2 is 1.67 bits per heavy atom. The SMILES string of the molecule is Cc1cc(NC2CCC(c3ccccc3)CC2)ccc1O. The summed E-state index contributed by atoms with van der Waals surface area (Å²) in [6.45, 7) is 1.94. The molecule has 2 aromatic carbocycles. The van der Waals surface area contributed by atoms with Crippen LogP contribution in [-0.4, -0.2) is 11.1 Å². The Kier molecular flexibility index (Phi) is 4.14. The van der Waals surface area contributed by atoms with E-state index in [2.05, 4.69) is 35.6 Å². The van der Waals surface area contributed by atoms with Crippen LogP contribution in [0.1, 0.15) is 42.7 Å². The summed E-state index contributed by atoms with van der Waals surface area (Å²) in [6.07, 6.45) is 4.91. The molecule has 1 saturated carbocycles. The normalized spacial score (nSPS) is 22.0. The zero-order valence-electron chi connectivity index (χ0n) is 12.5. The van der Waals surface area contributed by atoms with Crippen molar-refractivity contribution in [2.45, 2.75) is 44.6 Å². The van der Waals surface area contributed by atoms with Crippen molar-refractivity contribution in [2.75, 3.05) is 5.32 Å². The highest BCUT2D eigenvalue weighted by atomic mass is 16.3. The first-order valence-electron chi connectivity index (χ1n) is 7.83. The van der Waals surface area contributed by atoms with Crippen molar-refractivity contribution in [2.24, 2.45) is 0 Å². The van der Waals surface area contributed by atoms with Gasteiger partial charge >= 0.3 is 0 Å². The third-order valence-electron chi connectivity index (χ3n) is 4.57. The molecule has 0 aliphatic heterocycles. The Bertz CT molecular complexity index is 586. The second-order valence-electron chi connectivity index (χ2n) is 6.10. The minimum Gasteiger partial charge on any atom is -0.508 e. The van der Waals surface area contributed by atoms with E-state index >= 15 is 0 Å². The van der Waals surface area contributed by atoms with Crippen LogP contribution in [0.25, 0.3) is 0 Å². The molecule has 2 N–H and O–H groups in total. The molecule has 1 fully saturated rings. The van der Waals surface area contributed by atoms with Crippen molar-refractivity contribution < 1.29 is 5.11 Å². The molecule has 1 aliphatic carbocycles. The zero-order valence-corrected chi connectivity index (χ0v) is 12.5. The number of hydrogen-bond donors (Lipinski definition) is 2. The lowest BCUT2D eigenvalue weighted by Gasteiger charge is -2.30. The molecule has 0 atom stereocenters. The van der Waals surface area contributed by atoms with E-state index in [4.69, 9.17) is 0 Å². The van der Waals surface area contributed by atoms with Gasteiger partial charge in [-0.1, -0.05) is 30.3 Å². The Labute approximate surface area is 126 Å². The molecule has 3 rings (SSSR count). The molecule has 1 aliphatic rings. The first kappa shape index (κ1) is 14.0. The number of nitrogens with one attached hydrogen (secondary N) is 1. The molecule has 21 heavy (non-hydrogen) atoms. The van der Waals surface area contributed by atoms with E-state index in [1.807, 2.05) is 19.1 Å². The van der Waals surface area contributed by atoms with E-state index < -0.39 is 0 Å². The average Bonchev–Trinajstić information content (AvgIpc) is 2.53. The van der Waals surface area contributed by atoms with Gasteiger partial charge in [0.2, 0.25) is 0 Å². The Hall–Kier alpha value is -1.96. The third-order valence-corrected chi connectivity index (χ3v) is 4.57. The van der Waals surface area contributed by atoms with Gasteiger partial charge in [-0.3, -0.25) is 0 Å². The van der Waals surface area contributed by atoms with Crippen molar-refractivity contribution in [3.05, 3.63) is 59.7 Å². The Morgan fingerprint density at radius 1 is 0.952 bits per heavy atom. The maximum atomic E-state index is 9.58. The molecular weight excluding hydrogens is 258 g/mol. The first-order chi connectivity index (χ1) is 10.2. The van der Waals surface area contributed by atoms with Gasteiger partial charge in [0.15, 0.2) is 0 Å². The number of hydrogen-bond acceptors (Lipinski definition) is 2. The van der Waals surface area contributed by atoms with Crippen LogP contribution in [0.15, 0.2) is 48.5 Å². The predicted octanol–water partition coefficient (Wildman–Crippen LogP) is 4.84. The van der Waals surface area contributed by atoms with Gasteiger partial charge in [-0.05, 0) is 67.9 Å². The van der Waals surface area contributed by atoms with Gasteiger partial charge in [-0.15, -0.1) is 0 Å². The van der Waals surface area contributed by atoms with Crippen LogP contribution in [0.4, 0.5) is 5.69 Å². The second-order valence-corrected chi connectivity index (χ2v) is 6.10. The van der Waals surface area contributed by atoms with Crippen molar-refractivity contribution in [1.29, 1.82) is 0 Å². The van der Waals surface area contributed by atoms with Gasteiger partial charge in [0, 0.05) is 11.7 Å². The fourth-order valence-corrected chi connectivity index (χ4v) is 3.28. The number of aromatic hydroxyl groups is 1. The van der Waals surface area contributed by atoms with Gasteiger partial charge in [0.05, 0.1) is 0 Å². The van der Waals surface area contributed by atoms with Crippen LogP contribution in [-0.2, 0) is 0 Å². The van der Waals surface area contributed by atoms with Gasteiger partial charge in [0.25, 0.3) is 0 Å². The zero-order chi connectivity index (χ0) is 14.7. The van der Waals surface area contributed by atoms with Crippen LogP contribution in [0.5, 0.6) is 5.75 Å². The highest BCUT2D eigenvalue weighted by Gasteiger charge is 2.22. The summed E-state index contributed by atoms with van der Waals surface area (Å²) in [4.78, 5) is 0. The van der Waals surface area contributed by atoms with Crippen LogP contribution >= 0.6 is 0 Å². The number of phenols is 1. The lowest BCUT2D eigenvalue weighted by atomic mass is 9.82. The highest BCUT2D eigenvalue weighted by molar-refractivity contribution is 5.50. The van der Waals surface area contributed by atoms with Gasteiger partial charge in [0.1, 0.15) is 5.75 Å². The van der Waals surface area contributed by atoms with Crippen LogP contribution in [0.3, 0.4) is 0 Å². The van der Waals surface area contributed by atoms with E-state index in [1.54, 1.807) is 6.07 Å². The molecule has 0 aromatic heterocycles. The summed E-state index contributed by atoms with van der Waals surface area (Å²) in [6, 6.07) is 17.2. The number of benzene rings is 2. The molecule has 2 nitrogen and oxygen atoms in total. The summed E-state index contributed by atoms with van der Waals surface area (Å²) >= 11 is 0. The van der Waals surface area contributed by atoms with E-state index in [9.17, 15) is 5.11 Å². The molecule has 110 valence electrons. The van der Waals surface area contributed by atoms with E-state index in [1.165, 1.54) is 31.2 Å². The maximum absolute atomic E-state index is 9.58. The molecular formula is C19H23NO. The number of rotatable bonds is 3. The fraction of sp³-hybridized carbons (Fsp3) is 0.368. The number of aryl methyl sites for hydroxylation is 1. The minimum absolute atomic E-state index is 0.369.